The first kappa shape index (κ1) is 23.7. The van der Waals surface area contributed by atoms with Gasteiger partial charge in [0.25, 0.3) is 0 Å². The van der Waals surface area contributed by atoms with Crippen molar-refractivity contribution in [3.63, 3.8) is 0 Å². The molecule has 34 heavy (non-hydrogen) atoms. The van der Waals surface area contributed by atoms with E-state index in [9.17, 15) is 22.8 Å². The van der Waals surface area contributed by atoms with Crippen LogP contribution in [0.4, 0.5) is 18.9 Å². The smallest absolute Gasteiger partial charge is 0.337 e. The van der Waals surface area contributed by atoms with E-state index in [4.69, 9.17) is 11.6 Å². The lowest BCUT2D eigenvalue weighted by atomic mass is 9.93. The van der Waals surface area contributed by atoms with Crippen molar-refractivity contribution in [2.24, 2.45) is 5.92 Å². The van der Waals surface area contributed by atoms with Crippen LogP contribution in [0.3, 0.4) is 0 Å². The second-order valence-electron chi connectivity index (χ2n) is 7.91. The highest BCUT2D eigenvalue weighted by Crippen LogP contribution is 2.31. The summed E-state index contributed by atoms with van der Waals surface area (Å²) < 4.78 is 39.7. The van der Waals surface area contributed by atoms with Crippen LogP contribution in [0.1, 0.15) is 24.5 Å². The lowest BCUT2D eigenvalue weighted by Gasteiger charge is -2.39. The van der Waals surface area contributed by atoms with Crippen molar-refractivity contribution >= 4 is 29.1 Å². The second kappa shape index (κ2) is 9.46. The molecule has 1 aromatic carbocycles. The zero-order chi connectivity index (χ0) is 24.5. The van der Waals surface area contributed by atoms with Crippen molar-refractivity contribution < 1.29 is 22.8 Å². The lowest BCUT2D eigenvalue weighted by molar-refractivity contribution is -0.151. The number of halogens is 4. The summed E-state index contributed by atoms with van der Waals surface area (Å²) in [6, 6.07) is 8.26. The van der Waals surface area contributed by atoms with E-state index in [0.717, 1.165) is 12.1 Å². The Morgan fingerprint density at radius 3 is 2.56 bits per heavy atom. The summed E-state index contributed by atoms with van der Waals surface area (Å²) in [6.45, 7) is 2.69. The largest absolute Gasteiger partial charge is 0.416 e. The molecule has 0 spiro atoms. The molecule has 11 heteroatoms. The zero-order valence-electron chi connectivity index (χ0n) is 18.2. The van der Waals surface area contributed by atoms with E-state index < -0.39 is 17.7 Å². The molecule has 0 aliphatic carbocycles. The fraction of sp³-hybridized carbons (Fsp3) is 0.304. The van der Waals surface area contributed by atoms with Crippen molar-refractivity contribution in [2.45, 2.75) is 26.1 Å². The summed E-state index contributed by atoms with van der Waals surface area (Å²) in [5.41, 5.74) is 0.981. The van der Waals surface area contributed by atoms with Gasteiger partial charge in [-0.25, -0.2) is 4.68 Å². The molecule has 1 aliphatic heterocycles. The average molecular weight is 492 g/mol. The molecule has 1 unspecified atom stereocenters. The molecule has 0 N–H and O–H groups in total. The zero-order valence-corrected chi connectivity index (χ0v) is 18.9. The normalized spacial score (nSPS) is 15.9. The first-order valence-electron chi connectivity index (χ1n) is 10.6. The molecule has 1 saturated heterocycles. The van der Waals surface area contributed by atoms with Crippen LogP contribution in [0.2, 0.25) is 5.15 Å². The SMILES string of the molecule is CCN(C(=O)CC1CN(Cc2ccc(C(F)(F)F)cc2)C1=O)c1cn(-c2cccnc2)nc1Cl. The fourth-order valence-corrected chi connectivity index (χ4v) is 4.07. The van der Waals surface area contributed by atoms with Gasteiger partial charge in [-0.3, -0.25) is 14.6 Å². The molecule has 2 aromatic heterocycles. The van der Waals surface area contributed by atoms with Gasteiger partial charge in [0.1, 0.15) is 5.69 Å². The molecule has 1 aliphatic rings. The molecule has 0 bridgehead atoms. The van der Waals surface area contributed by atoms with Crippen LogP contribution in [0, 0.1) is 5.92 Å². The number of hydrogen-bond donors (Lipinski definition) is 0. The molecule has 0 radical (unpaired) electrons. The van der Waals surface area contributed by atoms with E-state index >= 15 is 0 Å². The van der Waals surface area contributed by atoms with Gasteiger partial charge in [-0.2, -0.15) is 18.3 Å². The molecule has 3 aromatic rings. The number of rotatable bonds is 7. The number of pyridine rings is 1. The van der Waals surface area contributed by atoms with Crippen molar-refractivity contribution in [3.8, 4) is 5.69 Å². The minimum absolute atomic E-state index is 0.00455. The van der Waals surface area contributed by atoms with Crippen molar-refractivity contribution in [3.05, 3.63) is 71.3 Å². The Morgan fingerprint density at radius 1 is 1.24 bits per heavy atom. The van der Waals surface area contributed by atoms with Crippen LogP contribution in [-0.4, -0.2) is 44.6 Å². The van der Waals surface area contributed by atoms with E-state index in [1.807, 2.05) is 0 Å². The summed E-state index contributed by atoms with van der Waals surface area (Å²) >= 11 is 6.29. The maximum Gasteiger partial charge on any atom is 0.416 e. The molecule has 0 saturated carbocycles. The number of carbonyl (C=O) groups excluding carboxylic acids is 2. The van der Waals surface area contributed by atoms with Gasteiger partial charge in [-0.05, 0) is 36.8 Å². The van der Waals surface area contributed by atoms with E-state index in [2.05, 4.69) is 10.1 Å². The predicted molar refractivity (Wildman–Crippen MR) is 119 cm³/mol. The maximum absolute atomic E-state index is 13.0. The Balaban J connectivity index is 1.37. The van der Waals surface area contributed by atoms with E-state index in [0.29, 0.717) is 30.0 Å². The number of hydrogen-bond acceptors (Lipinski definition) is 4. The minimum atomic E-state index is -4.40. The van der Waals surface area contributed by atoms with Crippen molar-refractivity contribution in [1.82, 2.24) is 19.7 Å². The fourth-order valence-electron chi connectivity index (χ4n) is 3.84. The molecular weight excluding hydrogens is 471 g/mol. The number of β-lactam (4-membered cyclic amide) rings is 1. The maximum atomic E-state index is 13.0. The number of benzene rings is 1. The van der Waals surface area contributed by atoms with Crippen LogP contribution in [0.5, 0.6) is 0 Å². The van der Waals surface area contributed by atoms with Gasteiger partial charge in [0.05, 0.1) is 29.6 Å². The molecule has 178 valence electrons. The molecule has 3 heterocycles. The number of carbonyl (C=O) groups is 2. The summed E-state index contributed by atoms with van der Waals surface area (Å²) in [6.07, 6.45) is 0.487. The molecular formula is C23H21ClF3N5O2. The molecule has 4 rings (SSSR count). The highest BCUT2D eigenvalue weighted by atomic mass is 35.5. The topological polar surface area (TPSA) is 71.3 Å². The predicted octanol–water partition coefficient (Wildman–Crippen LogP) is 4.34. The van der Waals surface area contributed by atoms with E-state index in [-0.39, 0.29) is 29.9 Å². The Kier molecular flexibility index (Phi) is 6.60. The monoisotopic (exact) mass is 491 g/mol. The third-order valence-corrected chi connectivity index (χ3v) is 5.92. The molecule has 2 amide bonds. The van der Waals surface area contributed by atoms with Gasteiger partial charge >= 0.3 is 6.18 Å². The summed E-state index contributed by atoms with van der Waals surface area (Å²) in [4.78, 5) is 32.6. The molecule has 1 atom stereocenters. The third-order valence-electron chi connectivity index (χ3n) is 5.65. The van der Waals surface area contributed by atoms with Gasteiger partial charge < -0.3 is 9.80 Å². The highest BCUT2D eigenvalue weighted by molar-refractivity contribution is 6.32. The highest BCUT2D eigenvalue weighted by Gasteiger charge is 2.39. The van der Waals surface area contributed by atoms with Crippen LogP contribution in [-0.2, 0) is 22.3 Å². The first-order valence-corrected chi connectivity index (χ1v) is 11.0. The number of amides is 2. The van der Waals surface area contributed by atoms with Gasteiger partial charge in [0.15, 0.2) is 5.15 Å². The van der Waals surface area contributed by atoms with Gasteiger partial charge in [-0.15, -0.1) is 0 Å². The average Bonchev–Trinajstić information content (AvgIpc) is 3.20. The second-order valence-corrected chi connectivity index (χ2v) is 8.27. The van der Waals surface area contributed by atoms with Crippen LogP contribution < -0.4 is 4.90 Å². The first-order chi connectivity index (χ1) is 16.2. The standard InChI is InChI=1S/C23H21ClF3N5O2/c1-2-31(19-14-32(29-21(19)24)18-4-3-9-28-11-18)20(33)10-16-13-30(22(16)34)12-15-5-7-17(8-6-15)23(25,26)27/h3-9,11,14,16H,2,10,12-13H2,1H3. The molecule has 7 nitrogen and oxygen atoms in total. The Hall–Kier alpha value is -3.40. The number of alkyl halides is 3. The van der Waals surface area contributed by atoms with Crippen LogP contribution in [0.15, 0.2) is 55.0 Å². The minimum Gasteiger partial charge on any atom is -0.337 e. The van der Waals surface area contributed by atoms with Gasteiger partial charge in [-0.1, -0.05) is 23.7 Å². The Morgan fingerprint density at radius 2 is 1.97 bits per heavy atom. The Labute approximate surface area is 198 Å². The molecule has 1 fully saturated rings. The summed E-state index contributed by atoms with van der Waals surface area (Å²) in [5, 5.41) is 4.40. The third kappa shape index (κ3) is 4.91. The summed E-state index contributed by atoms with van der Waals surface area (Å²) in [5.74, 6) is -0.952. The Bertz CT molecular complexity index is 1180. The van der Waals surface area contributed by atoms with Crippen molar-refractivity contribution in [1.29, 1.82) is 0 Å². The lowest BCUT2D eigenvalue weighted by Crippen LogP contribution is -2.53. The van der Waals surface area contributed by atoms with Crippen LogP contribution >= 0.6 is 11.6 Å². The van der Waals surface area contributed by atoms with Gasteiger partial charge in [0.2, 0.25) is 11.8 Å². The quantitative estimate of drug-likeness (QED) is 0.461. The number of anilines is 1. The van der Waals surface area contributed by atoms with E-state index in [1.54, 1.807) is 37.6 Å². The van der Waals surface area contributed by atoms with Gasteiger partial charge in [0, 0.05) is 32.3 Å². The number of nitrogens with zero attached hydrogens (tertiary/aromatic N) is 5. The van der Waals surface area contributed by atoms with Crippen molar-refractivity contribution in [2.75, 3.05) is 18.0 Å². The van der Waals surface area contributed by atoms with E-state index in [1.165, 1.54) is 26.6 Å². The number of likely N-dealkylation sites (tertiary alicyclic amines) is 1. The summed E-state index contributed by atoms with van der Waals surface area (Å²) in [7, 11) is 0. The number of aromatic nitrogens is 3. The van der Waals surface area contributed by atoms with Crippen LogP contribution in [0.25, 0.3) is 5.69 Å².